The molecule has 180 valence electrons. The summed E-state index contributed by atoms with van der Waals surface area (Å²) in [5, 5.41) is 0. The van der Waals surface area contributed by atoms with Gasteiger partial charge in [0.05, 0.1) is 0 Å². The molecule has 0 aliphatic carbocycles. The molecular weight excluding hydrogens is 456 g/mol. The normalized spacial score (nSPS) is 11.7. The van der Waals surface area contributed by atoms with Gasteiger partial charge < -0.3 is 21.3 Å². The highest BCUT2D eigenvalue weighted by Crippen LogP contribution is 2.24. The third-order valence-electron chi connectivity index (χ3n) is 3.07. The Kier molecular flexibility index (Phi) is 11.6. The molecule has 12 heteroatoms. The van der Waals surface area contributed by atoms with Crippen LogP contribution in [0.4, 0.5) is 11.4 Å². The zero-order chi connectivity index (χ0) is 25.3. The van der Waals surface area contributed by atoms with Crippen LogP contribution in [0.5, 0.6) is 0 Å². The summed E-state index contributed by atoms with van der Waals surface area (Å²) in [7, 11) is 2.95. The number of nitrogens with zero attached hydrogens (tertiary/aromatic N) is 2. The lowest BCUT2D eigenvalue weighted by atomic mass is 10.1. The first-order chi connectivity index (χ1) is 14.4. The third-order valence-corrected chi connectivity index (χ3v) is 4.89. The van der Waals surface area contributed by atoms with Gasteiger partial charge in [-0.3, -0.25) is 9.11 Å². The quantitative estimate of drug-likeness (QED) is 0.283. The van der Waals surface area contributed by atoms with Crippen LogP contribution in [0.3, 0.4) is 0 Å². The Hall–Kier alpha value is -2.48. The van der Waals surface area contributed by atoms with Crippen molar-refractivity contribution in [3.63, 3.8) is 0 Å². The van der Waals surface area contributed by atoms with Crippen molar-refractivity contribution < 1.29 is 25.9 Å². The molecular formula is C20H32N4O6S2. The van der Waals surface area contributed by atoms with E-state index in [0.29, 0.717) is 0 Å². The Balaban J connectivity index is 0.00000104. The molecule has 2 rings (SSSR count). The molecule has 10 nitrogen and oxygen atoms in total. The minimum absolute atomic E-state index is 0.0878. The van der Waals surface area contributed by atoms with Crippen molar-refractivity contribution in [2.75, 3.05) is 53.8 Å². The first-order valence-corrected chi connectivity index (χ1v) is 12.0. The maximum Gasteiger partial charge on any atom is 0.295 e. The van der Waals surface area contributed by atoms with Crippen molar-refractivity contribution in [3.8, 4) is 0 Å². The largest absolute Gasteiger partial charge is 0.399 e. The van der Waals surface area contributed by atoms with Gasteiger partial charge in [-0.05, 0) is 77.7 Å². The fraction of sp³-hybridized carbons (Fsp3) is 0.300. The molecule has 0 saturated carbocycles. The van der Waals surface area contributed by atoms with Gasteiger partial charge in [0, 0.05) is 11.4 Å². The maximum absolute atomic E-state index is 11.4. The number of hydrogen-bond acceptors (Lipinski definition) is 8. The monoisotopic (exact) mass is 488 g/mol. The van der Waals surface area contributed by atoms with Crippen molar-refractivity contribution in [1.29, 1.82) is 0 Å². The van der Waals surface area contributed by atoms with Crippen LogP contribution in [0.15, 0.2) is 46.2 Å². The minimum Gasteiger partial charge on any atom is -0.399 e. The highest BCUT2D eigenvalue weighted by Gasteiger charge is 2.16. The van der Waals surface area contributed by atoms with Gasteiger partial charge in [0.2, 0.25) is 0 Å². The van der Waals surface area contributed by atoms with Crippen LogP contribution in [0.2, 0.25) is 0 Å². The Morgan fingerprint density at radius 3 is 1.12 bits per heavy atom. The Morgan fingerprint density at radius 1 is 0.656 bits per heavy atom. The van der Waals surface area contributed by atoms with Gasteiger partial charge >= 0.3 is 0 Å². The summed E-state index contributed by atoms with van der Waals surface area (Å²) < 4.78 is 64.1. The SMILES string of the molecule is CN(C)C.CN(C)C.Nc1ccc(/C=C/c2ccc(N)cc2S(=O)(=O)O)c(S(=O)(=O)O)c1. The molecule has 6 N–H and O–H groups in total. The first-order valence-electron chi connectivity index (χ1n) is 9.09. The van der Waals surface area contributed by atoms with E-state index in [2.05, 4.69) is 0 Å². The van der Waals surface area contributed by atoms with Crippen LogP contribution >= 0.6 is 0 Å². The molecule has 0 unspecified atom stereocenters. The average Bonchev–Trinajstić information content (AvgIpc) is 2.59. The minimum atomic E-state index is -4.52. The molecule has 2 aromatic carbocycles. The van der Waals surface area contributed by atoms with Crippen molar-refractivity contribution in [1.82, 2.24) is 9.80 Å². The lowest BCUT2D eigenvalue weighted by Gasteiger charge is -2.06. The van der Waals surface area contributed by atoms with E-state index in [4.69, 9.17) is 11.5 Å². The van der Waals surface area contributed by atoms with Crippen LogP contribution in [0.1, 0.15) is 11.1 Å². The van der Waals surface area contributed by atoms with Gasteiger partial charge in [-0.15, -0.1) is 0 Å². The highest BCUT2D eigenvalue weighted by molar-refractivity contribution is 7.86. The second-order valence-corrected chi connectivity index (χ2v) is 10.3. The summed E-state index contributed by atoms with van der Waals surface area (Å²) in [6.07, 6.45) is 2.53. The van der Waals surface area contributed by atoms with Crippen molar-refractivity contribution in [2.24, 2.45) is 0 Å². The molecule has 0 heterocycles. The lowest BCUT2D eigenvalue weighted by molar-refractivity contribution is 0.480. The van der Waals surface area contributed by atoms with Crippen molar-refractivity contribution in [3.05, 3.63) is 47.5 Å². The van der Waals surface area contributed by atoms with E-state index in [9.17, 15) is 25.9 Å². The molecule has 0 spiro atoms. The summed E-state index contributed by atoms with van der Waals surface area (Å²) in [5.74, 6) is 0. The summed E-state index contributed by atoms with van der Waals surface area (Å²) in [6, 6.07) is 7.67. The molecule has 0 aromatic heterocycles. The fourth-order valence-corrected chi connectivity index (χ4v) is 3.44. The molecule has 0 atom stereocenters. The zero-order valence-electron chi connectivity index (χ0n) is 19.0. The number of nitrogen functional groups attached to an aromatic ring is 2. The van der Waals surface area contributed by atoms with Gasteiger partial charge in [0.15, 0.2) is 0 Å². The molecule has 0 radical (unpaired) electrons. The highest BCUT2D eigenvalue weighted by atomic mass is 32.2. The molecule has 0 fully saturated rings. The van der Waals surface area contributed by atoms with Crippen molar-refractivity contribution >= 4 is 43.8 Å². The van der Waals surface area contributed by atoms with Crippen LogP contribution < -0.4 is 11.5 Å². The third kappa shape index (κ3) is 11.8. The van der Waals surface area contributed by atoms with Gasteiger partial charge in [-0.2, -0.15) is 16.8 Å². The van der Waals surface area contributed by atoms with Crippen LogP contribution in [0, 0.1) is 0 Å². The fourth-order valence-electron chi connectivity index (χ4n) is 2.00. The standard InChI is InChI=1S/C14H14N2O6S2.2C3H9N/c15-11-5-3-9(13(7-11)23(17,18)19)1-2-10-4-6-12(16)8-14(10)24(20,21)22;2*1-4(2)3/h1-8H,15-16H2,(H,17,18,19)(H,20,21,22);2*1-3H3/b2-1+;;. The van der Waals surface area contributed by atoms with Crippen LogP contribution in [-0.4, -0.2) is 78.0 Å². The van der Waals surface area contributed by atoms with E-state index in [1.807, 2.05) is 52.1 Å². The van der Waals surface area contributed by atoms with Crippen molar-refractivity contribution in [2.45, 2.75) is 9.79 Å². The predicted molar refractivity (Wildman–Crippen MR) is 129 cm³/mol. The topological polar surface area (TPSA) is 167 Å². The van der Waals surface area contributed by atoms with E-state index in [1.165, 1.54) is 36.4 Å². The molecule has 32 heavy (non-hydrogen) atoms. The first kappa shape index (κ1) is 29.5. The zero-order valence-corrected chi connectivity index (χ0v) is 20.6. The van der Waals surface area contributed by atoms with Gasteiger partial charge in [-0.25, -0.2) is 0 Å². The predicted octanol–water partition coefficient (Wildman–Crippen LogP) is 1.87. The van der Waals surface area contributed by atoms with E-state index < -0.39 is 30.0 Å². The smallest absolute Gasteiger partial charge is 0.295 e. The Morgan fingerprint density at radius 2 is 0.906 bits per heavy atom. The van der Waals surface area contributed by atoms with Gasteiger partial charge in [-0.1, -0.05) is 24.3 Å². The molecule has 0 aliphatic rings. The van der Waals surface area contributed by atoms with E-state index in [1.54, 1.807) is 0 Å². The second-order valence-electron chi connectivity index (χ2n) is 7.56. The van der Waals surface area contributed by atoms with Gasteiger partial charge in [0.25, 0.3) is 20.2 Å². The molecule has 2 aromatic rings. The Bertz CT molecular complexity index is 1030. The van der Waals surface area contributed by atoms with Gasteiger partial charge in [0.1, 0.15) is 9.79 Å². The molecule has 0 bridgehead atoms. The summed E-state index contributed by atoms with van der Waals surface area (Å²) in [4.78, 5) is 3.14. The van der Waals surface area contributed by atoms with E-state index >= 15 is 0 Å². The number of rotatable bonds is 4. The van der Waals surface area contributed by atoms with Crippen LogP contribution in [-0.2, 0) is 20.2 Å². The number of hydrogen-bond donors (Lipinski definition) is 4. The summed E-state index contributed by atoms with van der Waals surface area (Å²) in [5.41, 5.74) is 11.4. The molecule has 0 aliphatic heterocycles. The summed E-state index contributed by atoms with van der Waals surface area (Å²) >= 11 is 0. The summed E-state index contributed by atoms with van der Waals surface area (Å²) in [6.45, 7) is 0. The number of anilines is 2. The number of benzene rings is 2. The van der Waals surface area contributed by atoms with E-state index in [0.717, 1.165) is 12.1 Å². The Labute approximate surface area is 190 Å². The molecule has 0 amide bonds. The number of nitrogens with two attached hydrogens (primary N) is 2. The lowest BCUT2D eigenvalue weighted by Crippen LogP contribution is -2.03. The van der Waals surface area contributed by atoms with Crippen LogP contribution in [0.25, 0.3) is 12.2 Å². The second kappa shape index (κ2) is 12.5. The average molecular weight is 489 g/mol. The van der Waals surface area contributed by atoms with E-state index in [-0.39, 0.29) is 22.5 Å². The maximum atomic E-state index is 11.4. The molecule has 0 saturated heterocycles.